The molecule has 0 saturated carbocycles. The van der Waals surface area contributed by atoms with Gasteiger partial charge in [-0.25, -0.2) is 0 Å². The van der Waals surface area contributed by atoms with Gasteiger partial charge >= 0.3 is 0 Å². The molecule has 4 nitrogen and oxygen atoms in total. The van der Waals surface area contributed by atoms with Crippen molar-refractivity contribution in [3.63, 3.8) is 0 Å². The van der Waals surface area contributed by atoms with Gasteiger partial charge in [-0.15, -0.1) is 6.42 Å². The smallest absolute Gasteiger partial charge is 0.237 e. The van der Waals surface area contributed by atoms with Crippen LogP contribution in [0, 0.1) is 18.3 Å². The normalized spacial score (nSPS) is 24.5. The highest BCUT2D eigenvalue weighted by molar-refractivity contribution is 5.81. The Hall–Kier alpha value is -1.99. The minimum atomic E-state index is -0.0403. The third kappa shape index (κ3) is 4.10. The van der Waals surface area contributed by atoms with E-state index in [0.29, 0.717) is 12.5 Å². The van der Waals surface area contributed by atoms with Crippen LogP contribution < -0.4 is 10.2 Å². The van der Waals surface area contributed by atoms with E-state index in [0.717, 1.165) is 51.9 Å². The van der Waals surface area contributed by atoms with Crippen molar-refractivity contribution in [1.82, 2.24) is 10.2 Å². The molecule has 0 bridgehead atoms. The molecule has 0 aliphatic carbocycles. The number of rotatable bonds is 5. The lowest BCUT2D eigenvalue weighted by atomic mass is 10.0. The molecule has 2 aliphatic rings. The summed E-state index contributed by atoms with van der Waals surface area (Å²) in [5, 5.41) is 3.18. The number of nitrogens with zero attached hydrogens (tertiary/aromatic N) is 2. The van der Waals surface area contributed by atoms with Crippen LogP contribution in [-0.4, -0.2) is 49.6 Å². The number of hydrogen-bond acceptors (Lipinski definition) is 3. The van der Waals surface area contributed by atoms with Gasteiger partial charge in [0.05, 0.1) is 12.6 Å². The van der Waals surface area contributed by atoms with Gasteiger partial charge in [0.25, 0.3) is 0 Å². The molecule has 2 heterocycles. The number of terminal acetylenes is 1. The van der Waals surface area contributed by atoms with E-state index < -0.39 is 0 Å². The number of benzene rings is 1. The number of carbonyl (C=O) groups excluding carboxylic acids is 1. The topological polar surface area (TPSA) is 35.6 Å². The van der Waals surface area contributed by atoms with Crippen LogP contribution in [0.5, 0.6) is 0 Å². The zero-order chi connectivity index (χ0) is 16.8. The summed E-state index contributed by atoms with van der Waals surface area (Å²) in [6.07, 6.45) is 9.75. The Morgan fingerprint density at radius 3 is 2.83 bits per heavy atom. The molecule has 1 aromatic rings. The first kappa shape index (κ1) is 16.9. The van der Waals surface area contributed by atoms with Crippen molar-refractivity contribution in [2.45, 2.75) is 31.7 Å². The van der Waals surface area contributed by atoms with Gasteiger partial charge in [0, 0.05) is 25.3 Å². The number of hydrogen-bond donors (Lipinski definition) is 1. The molecule has 2 atom stereocenters. The molecule has 24 heavy (non-hydrogen) atoms. The average Bonchev–Trinajstić information content (AvgIpc) is 3.10. The lowest BCUT2D eigenvalue weighted by Gasteiger charge is -2.33. The zero-order valence-corrected chi connectivity index (χ0v) is 14.3. The first-order chi connectivity index (χ1) is 11.8. The third-order valence-corrected chi connectivity index (χ3v) is 5.18. The quantitative estimate of drug-likeness (QED) is 0.842. The monoisotopic (exact) mass is 325 g/mol. The van der Waals surface area contributed by atoms with Crippen molar-refractivity contribution in [2.75, 3.05) is 37.6 Å². The summed E-state index contributed by atoms with van der Waals surface area (Å²) in [5.41, 5.74) is 1.28. The fourth-order valence-electron chi connectivity index (χ4n) is 3.83. The Bertz CT molecular complexity index is 580. The lowest BCUT2D eigenvalue weighted by Crippen LogP contribution is -2.50. The number of anilines is 1. The molecule has 0 unspecified atom stereocenters. The van der Waals surface area contributed by atoms with Crippen LogP contribution in [0.1, 0.15) is 25.7 Å². The van der Waals surface area contributed by atoms with Crippen molar-refractivity contribution < 1.29 is 4.79 Å². The van der Waals surface area contributed by atoms with Crippen LogP contribution in [-0.2, 0) is 4.79 Å². The Morgan fingerprint density at radius 1 is 1.21 bits per heavy atom. The molecule has 0 spiro atoms. The fourth-order valence-corrected chi connectivity index (χ4v) is 3.83. The summed E-state index contributed by atoms with van der Waals surface area (Å²) >= 11 is 0. The lowest BCUT2D eigenvalue weighted by molar-refractivity contribution is -0.127. The highest BCUT2D eigenvalue weighted by Crippen LogP contribution is 2.23. The Balaban J connectivity index is 1.47. The molecular formula is C20H27N3O. The van der Waals surface area contributed by atoms with E-state index in [-0.39, 0.29) is 11.9 Å². The molecule has 2 aliphatic heterocycles. The number of amides is 1. The second kappa shape index (κ2) is 8.21. The maximum absolute atomic E-state index is 12.6. The number of likely N-dealkylation sites (tertiary alicyclic amines) is 1. The summed E-state index contributed by atoms with van der Waals surface area (Å²) in [6.45, 7) is 4.36. The van der Waals surface area contributed by atoms with Crippen molar-refractivity contribution >= 4 is 11.6 Å². The average molecular weight is 325 g/mol. The van der Waals surface area contributed by atoms with Gasteiger partial charge in [-0.2, -0.15) is 0 Å². The predicted octanol–water partition coefficient (Wildman–Crippen LogP) is 2.12. The standard InChI is InChI=1S/C20H27N3O/c1-2-12-22-13-7-6-10-19(22)20(24)21-15-17-11-14-23(16-17)18-8-4-3-5-9-18/h1,3-5,8-9,17,19H,6-7,10-16H2,(H,21,24)/t17-,19+/m1/s1. The first-order valence-electron chi connectivity index (χ1n) is 9.03. The Morgan fingerprint density at radius 2 is 2.04 bits per heavy atom. The number of carbonyl (C=O) groups is 1. The van der Waals surface area contributed by atoms with Crippen LogP contribution in [0.25, 0.3) is 0 Å². The molecule has 4 heteroatoms. The SMILES string of the molecule is C#CCN1CCCC[C@H]1C(=O)NC[C@H]1CCN(c2ccccc2)C1. The van der Waals surface area contributed by atoms with Gasteiger partial charge < -0.3 is 10.2 Å². The molecule has 2 saturated heterocycles. The van der Waals surface area contributed by atoms with Gasteiger partial charge in [0.1, 0.15) is 0 Å². The largest absolute Gasteiger partial charge is 0.371 e. The molecule has 3 rings (SSSR count). The van der Waals surface area contributed by atoms with Crippen molar-refractivity contribution in [1.29, 1.82) is 0 Å². The molecule has 0 radical (unpaired) electrons. The molecule has 1 amide bonds. The van der Waals surface area contributed by atoms with E-state index in [4.69, 9.17) is 6.42 Å². The Labute approximate surface area is 145 Å². The van der Waals surface area contributed by atoms with E-state index in [9.17, 15) is 4.79 Å². The van der Waals surface area contributed by atoms with Crippen molar-refractivity contribution in [3.05, 3.63) is 30.3 Å². The summed E-state index contributed by atoms with van der Waals surface area (Å²) in [7, 11) is 0. The fraction of sp³-hybridized carbons (Fsp3) is 0.550. The maximum Gasteiger partial charge on any atom is 0.237 e. The van der Waals surface area contributed by atoms with E-state index in [2.05, 4.69) is 45.3 Å². The van der Waals surface area contributed by atoms with Crippen molar-refractivity contribution in [2.24, 2.45) is 5.92 Å². The summed E-state index contributed by atoms with van der Waals surface area (Å²) in [4.78, 5) is 17.1. The Kier molecular flexibility index (Phi) is 5.77. The molecule has 1 aromatic carbocycles. The van der Waals surface area contributed by atoms with Crippen LogP contribution in [0.2, 0.25) is 0 Å². The first-order valence-corrected chi connectivity index (χ1v) is 9.03. The molecule has 0 aromatic heterocycles. The van der Waals surface area contributed by atoms with E-state index in [1.807, 2.05) is 6.07 Å². The summed E-state index contributed by atoms with van der Waals surface area (Å²) in [6, 6.07) is 10.5. The van der Waals surface area contributed by atoms with Crippen LogP contribution >= 0.6 is 0 Å². The number of piperidine rings is 1. The van der Waals surface area contributed by atoms with Crippen LogP contribution in [0.4, 0.5) is 5.69 Å². The van der Waals surface area contributed by atoms with E-state index in [1.165, 1.54) is 5.69 Å². The van der Waals surface area contributed by atoms with Gasteiger partial charge in [-0.05, 0) is 43.9 Å². The summed E-state index contributed by atoms with van der Waals surface area (Å²) < 4.78 is 0. The summed E-state index contributed by atoms with van der Waals surface area (Å²) in [5.74, 6) is 3.37. The second-order valence-corrected chi connectivity index (χ2v) is 6.87. The van der Waals surface area contributed by atoms with Gasteiger partial charge in [-0.1, -0.05) is 30.5 Å². The molecule has 128 valence electrons. The van der Waals surface area contributed by atoms with E-state index >= 15 is 0 Å². The zero-order valence-electron chi connectivity index (χ0n) is 14.3. The highest BCUT2D eigenvalue weighted by Gasteiger charge is 2.29. The molecular weight excluding hydrogens is 298 g/mol. The van der Waals surface area contributed by atoms with Gasteiger partial charge in [0.15, 0.2) is 0 Å². The minimum absolute atomic E-state index is 0.0403. The highest BCUT2D eigenvalue weighted by atomic mass is 16.2. The molecule has 2 fully saturated rings. The van der Waals surface area contributed by atoms with Crippen molar-refractivity contribution in [3.8, 4) is 12.3 Å². The maximum atomic E-state index is 12.6. The predicted molar refractivity (Wildman–Crippen MR) is 97.8 cm³/mol. The number of nitrogens with one attached hydrogen (secondary N) is 1. The minimum Gasteiger partial charge on any atom is -0.371 e. The van der Waals surface area contributed by atoms with Gasteiger partial charge in [0.2, 0.25) is 5.91 Å². The van der Waals surface area contributed by atoms with Gasteiger partial charge in [-0.3, -0.25) is 9.69 Å². The van der Waals surface area contributed by atoms with Crippen LogP contribution in [0.15, 0.2) is 30.3 Å². The van der Waals surface area contributed by atoms with Crippen LogP contribution in [0.3, 0.4) is 0 Å². The third-order valence-electron chi connectivity index (χ3n) is 5.18. The van der Waals surface area contributed by atoms with E-state index in [1.54, 1.807) is 0 Å². The molecule has 1 N–H and O–H groups in total. The number of para-hydroxylation sites is 1. The second-order valence-electron chi connectivity index (χ2n) is 6.87.